The summed E-state index contributed by atoms with van der Waals surface area (Å²) >= 11 is 3.39. The van der Waals surface area contributed by atoms with Crippen LogP contribution in [0.1, 0.15) is 15.9 Å². The number of ether oxygens (including phenoxy) is 1. The fourth-order valence-corrected chi connectivity index (χ4v) is 3.74. The predicted octanol–water partition coefficient (Wildman–Crippen LogP) is 1.98. The van der Waals surface area contributed by atoms with Gasteiger partial charge in [0.15, 0.2) is 0 Å². The van der Waals surface area contributed by atoms with Crippen LogP contribution in [0.25, 0.3) is 21.9 Å². The molecule has 1 aliphatic rings. The Bertz CT molecular complexity index is 1020. The zero-order chi connectivity index (χ0) is 18.3. The molecule has 134 valence electrons. The van der Waals surface area contributed by atoms with Gasteiger partial charge in [-0.15, -0.1) is 0 Å². The van der Waals surface area contributed by atoms with Crippen molar-refractivity contribution >= 4 is 49.7 Å². The molecular weight excluding hydrogens is 400 g/mol. The fraction of sp³-hybridized carbons (Fsp3) is 0.278. The Morgan fingerprint density at radius 3 is 2.77 bits per heavy atom. The molecule has 7 nitrogen and oxygen atoms in total. The third kappa shape index (κ3) is 3.06. The average molecular weight is 417 g/mol. The van der Waals surface area contributed by atoms with Crippen LogP contribution in [0.5, 0.6) is 0 Å². The number of amides is 2. The normalized spacial score (nSPS) is 14.9. The van der Waals surface area contributed by atoms with E-state index in [1.807, 2.05) is 12.1 Å². The number of primary amides is 1. The van der Waals surface area contributed by atoms with Gasteiger partial charge in [0.05, 0.1) is 30.7 Å². The first-order valence-corrected chi connectivity index (χ1v) is 9.08. The van der Waals surface area contributed by atoms with Crippen molar-refractivity contribution in [3.63, 3.8) is 0 Å². The summed E-state index contributed by atoms with van der Waals surface area (Å²) in [6.07, 6.45) is 0.115. The Morgan fingerprint density at radius 1 is 1.27 bits per heavy atom. The van der Waals surface area contributed by atoms with E-state index < -0.39 is 5.91 Å². The van der Waals surface area contributed by atoms with Crippen LogP contribution in [0.2, 0.25) is 0 Å². The fourth-order valence-electron chi connectivity index (χ4n) is 3.29. The van der Waals surface area contributed by atoms with Crippen LogP contribution in [0.3, 0.4) is 0 Å². The summed E-state index contributed by atoms with van der Waals surface area (Å²) in [7, 11) is 0. The number of morpholine rings is 1. The highest BCUT2D eigenvalue weighted by molar-refractivity contribution is 9.10. The molecular formula is C18H17BrN4O3. The number of hydrogen-bond donors (Lipinski definition) is 2. The molecule has 1 fully saturated rings. The van der Waals surface area contributed by atoms with Crippen LogP contribution in [0.4, 0.5) is 0 Å². The van der Waals surface area contributed by atoms with E-state index in [2.05, 4.69) is 25.9 Å². The van der Waals surface area contributed by atoms with Crippen molar-refractivity contribution < 1.29 is 14.3 Å². The van der Waals surface area contributed by atoms with Crippen LogP contribution in [0.15, 0.2) is 28.9 Å². The number of aromatic amines is 1. The number of nitrogens with one attached hydrogen (secondary N) is 1. The molecule has 2 amide bonds. The number of nitrogens with two attached hydrogens (primary N) is 1. The zero-order valence-electron chi connectivity index (χ0n) is 13.9. The summed E-state index contributed by atoms with van der Waals surface area (Å²) < 4.78 is 5.93. The highest BCUT2D eigenvalue weighted by Gasteiger charge is 2.20. The summed E-state index contributed by atoms with van der Waals surface area (Å²) in [6, 6.07) is 7.30. The lowest BCUT2D eigenvalue weighted by molar-refractivity contribution is -0.117. The number of H-pyrrole nitrogens is 1. The van der Waals surface area contributed by atoms with Gasteiger partial charge in [-0.3, -0.25) is 9.59 Å². The maximum Gasteiger partial charge on any atom is 0.254 e. The third-order valence-corrected chi connectivity index (χ3v) is 4.92. The monoisotopic (exact) mass is 416 g/mol. The quantitative estimate of drug-likeness (QED) is 0.637. The van der Waals surface area contributed by atoms with Crippen molar-refractivity contribution in [2.75, 3.05) is 26.3 Å². The Hall–Kier alpha value is -2.45. The molecule has 0 radical (unpaired) electrons. The lowest BCUT2D eigenvalue weighted by atomic mass is 10.1. The van der Waals surface area contributed by atoms with Gasteiger partial charge in [-0.25, -0.2) is 4.98 Å². The number of carbonyl (C=O) groups excluding carboxylic acids is 2. The standard InChI is InChI=1S/C18H17BrN4O3/c19-14-8-11(9-15(20)24)16-17(22-14)12-7-10(1-2-13(12)21-16)18(25)23-3-5-26-6-4-23/h1-2,7-8,21H,3-6,9H2,(H2,20,24). The first-order chi connectivity index (χ1) is 12.5. The number of aromatic nitrogens is 2. The number of hydrogen-bond acceptors (Lipinski definition) is 4. The molecule has 1 aliphatic heterocycles. The minimum atomic E-state index is -0.411. The van der Waals surface area contributed by atoms with Crippen LogP contribution < -0.4 is 5.73 Å². The minimum absolute atomic E-state index is 0.0168. The summed E-state index contributed by atoms with van der Waals surface area (Å²) in [5, 5.41) is 0.839. The highest BCUT2D eigenvalue weighted by Crippen LogP contribution is 2.29. The molecule has 8 heteroatoms. The Kier molecular flexibility index (Phi) is 4.37. The molecule has 0 bridgehead atoms. The Balaban J connectivity index is 1.82. The van der Waals surface area contributed by atoms with Crippen molar-refractivity contribution in [2.24, 2.45) is 5.73 Å². The number of carbonyl (C=O) groups is 2. The van der Waals surface area contributed by atoms with Gasteiger partial charge in [0.1, 0.15) is 4.60 Å². The van der Waals surface area contributed by atoms with E-state index in [1.165, 1.54) is 0 Å². The second-order valence-corrected chi connectivity index (χ2v) is 7.07. The van der Waals surface area contributed by atoms with Gasteiger partial charge in [-0.2, -0.15) is 0 Å². The third-order valence-electron chi connectivity index (χ3n) is 4.51. The van der Waals surface area contributed by atoms with Crippen LogP contribution in [-0.2, 0) is 16.0 Å². The van der Waals surface area contributed by atoms with Crippen molar-refractivity contribution in [1.29, 1.82) is 0 Å². The molecule has 3 aromatic rings. The van der Waals surface area contributed by atoms with Crippen molar-refractivity contribution in [3.05, 3.63) is 40.0 Å². The van der Waals surface area contributed by atoms with E-state index in [-0.39, 0.29) is 12.3 Å². The van der Waals surface area contributed by atoms with E-state index in [9.17, 15) is 9.59 Å². The molecule has 0 spiro atoms. The molecule has 0 saturated carbocycles. The molecule has 26 heavy (non-hydrogen) atoms. The number of halogens is 1. The molecule has 0 aliphatic carbocycles. The lowest BCUT2D eigenvalue weighted by Crippen LogP contribution is -2.40. The number of fused-ring (bicyclic) bond motifs is 3. The minimum Gasteiger partial charge on any atom is -0.378 e. The van der Waals surface area contributed by atoms with Crippen molar-refractivity contribution in [1.82, 2.24) is 14.9 Å². The molecule has 3 heterocycles. The second-order valence-electron chi connectivity index (χ2n) is 6.26. The summed E-state index contributed by atoms with van der Waals surface area (Å²) in [4.78, 5) is 33.7. The molecule has 1 aromatic carbocycles. The highest BCUT2D eigenvalue weighted by atomic mass is 79.9. The van der Waals surface area contributed by atoms with Gasteiger partial charge in [-0.05, 0) is 45.8 Å². The number of nitrogens with zero attached hydrogens (tertiary/aromatic N) is 2. The van der Waals surface area contributed by atoms with Crippen molar-refractivity contribution in [2.45, 2.75) is 6.42 Å². The summed E-state index contributed by atoms with van der Waals surface area (Å²) in [6.45, 7) is 2.31. The SMILES string of the molecule is NC(=O)Cc1cc(Br)nc2c1[nH]c1ccc(C(=O)N3CCOCC3)cc12. The van der Waals surface area contributed by atoms with E-state index in [0.29, 0.717) is 42.0 Å². The number of pyridine rings is 1. The van der Waals surface area contributed by atoms with Crippen molar-refractivity contribution in [3.8, 4) is 0 Å². The molecule has 1 saturated heterocycles. The first kappa shape index (κ1) is 17.0. The van der Waals surface area contributed by atoms with Gasteiger partial charge in [-0.1, -0.05) is 0 Å². The first-order valence-electron chi connectivity index (χ1n) is 8.29. The van der Waals surface area contributed by atoms with Crippen LogP contribution >= 0.6 is 15.9 Å². The largest absolute Gasteiger partial charge is 0.378 e. The zero-order valence-corrected chi connectivity index (χ0v) is 15.5. The van der Waals surface area contributed by atoms with Gasteiger partial charge < -0.3 is 20.4 Å². The Morgan fingerprint density at radius 2 is 2.04 bits per heavy atom. The second kappa shape index (κ2) is 6.69. The molecule has 2 aromatic heterocycles. The summed E-state index contributed by atoms with van der Waals surface area (Å²) in [5.74, 6) is -0.428. The lowest BCUT2D eigenvalue weighted by Gasteiger charge is -2.26. The summed E-state index contributed by atoms with van der Waals surface area (Å²) in [5.41, 5.74) is 9.07. The van der Waals surface area contributed by atoms with Crippen LogP contribution in [-0.4, -0.2) is 53.0 Å². The average Bonchev–Trinajstić information content (AvgIpc) is 2.99. The van der Waals surface area contributed by atoms with Gasteiger partial charge >= 0.3 is 0 Å². The molecule has 0 atom stereocenters. The van der Waals surface area contributed by atoms with E-state index in [1.54, 1.807) is 17.0 Å². The van der Waals surface area contributed by atoms with E-state index in [4.69, 9.17) is 10.5 Å². The predicted molar refractivity (Wildman–Crippen MR) is 101 cm³/mol. The Labute approximate surface area is 157 Å². The molecule has 0 unspecified atom stereocenters. The van der Waals surface area contributed by atoms with Gasteiger partial charge in [0.25, 0.3) is 5.91 Å². The number of benzene rings is 1. The maximum atomic E-state index is 12.8. The van der Waals surface area contributed by atoms with E-state index in [0.717, 1.165) is 22.0 Å². The van der Waals surface area contributed by atoms with E-state index >= 15 is 0 Å². The van der Waals surface area contributed by atoms with Gasteiger partial charge in [0, 0.05) is 29.6 Å². The smallest absolute Gasteiger partial charge is 0.254 e. The van der Waals surface area contributed by atoms with Gasteiger partial charge in [0.2, 0.25) is 5.91 Å². The van der Waals surface area contributed by atoms with Crippen LogP contribution in [0, 0.1) is 0 Å². The maximum absolute atomic E-state index is 12.8. The number of rotatable bonds is 3. The topological polar surface area (TPSA) is 101 Å². The molecule has 4 rings (SSSR count). The molecule has 3 N–H and O–H groups in total.